The first kappa shape index (κ1) is 15.9. The molecule has 0 radical (unpaired) electrons. The maximum Gasteiger partial charge on any atom is 0.211 e. The molecule has 0 aromatic heterocycles. The lowest BCUT2D eigenvalue weighted by Gasteiger charge is -2.33. The van der Waals surface area contributed by atoms with Gasteiger partial charge in [-0.1, -0.05) is 12.1 Å². The Kier molecular flexibility index (Phi) is 5.33. The second-order valence-electron chi connectivity index (χ2n) is 5.22. The van der Waals surface area contributed by atoms with Crippen molar-refractivity contribution in [3.05, 3.63) is 29.8 Å². The second-order valence-corrected chi connectivity index (χ2v) is 7.20. The number of piperazine rings is 1. The van der Waals surface area contributed by atoms with Gasteiger partial charge in [-0.25, -0.2) is 8.42 Å². The monoisotopic (exact) mass is 311 g/mol. The second kappa shape index (κ2) is 7.02. The van der Waals surface area contributed by atoms with Crippen molar-refractivity contribution in [1.29, 1.82) is 0 Å². The number of carbonyl (C=O) groups excluding carboxylic acids is 1. The van der Waals surface area contributed by atoms with E-state index in [2.05, 4.69) is 10.2 Å². The lowest BCUT2D eigenvalue weighted by molar-refractivity contribution is -0.105. The lowest BCUT2D eigenvalue weighted by atomic mass is 10.1. The summed E-state index contributed by atoms with van der Waals surface area (Å²) in [6.07, 6.45) is 2.81. The summed E-state index contributed by atoms with van der Waals surface area (Å²) in [5.74, 6) is 0. The van der Waals surface area contributed by atoms with E-state index in [4.69, 9.17) is 0 Å². The molecule has 1 saturated heterocycles. The summed E-state index contributed by atoms with van der Waals surface area (Å²) in [7, 11) is -3.06. The van der Waals surface area contributed by atoms with Crippen molar-refractivity contribution in [2.24, 2.45) is 0 Å². The van der Waals surface area contributed by atoms with E-state index in [1.807, 2.05) is 24.3 Å². The molecule has 7 heteroatoms. The van der Waals surface area contributed by atoms with Gasteiger partial charge >= 0.3 is 0 Å². The fourth-order valence-electron chi connectivity index (χ4n) is 2.46. The number of benzene rings is 1. The minimum absolute atomic E-state index is 0.561. The highest BCUT2D eigenvalue weighted by atomic mass is 32.2. The molecule has 1 aliphatic rings. The van der Waals surface area contributed by atoms with Gasteiger partial charge in [0, 0.05) is 38.4 Å². The molecule has 1 aromatic carbocycles. The van der Waals surface area contributed by atoms with Gasteiger partial charge in [-0.15, -0.1) is 0 Å². The zero-order valence-corrected chi connectivity index (χ0v) is 13.0. The molecule has 1 heterocycles. The summed E-state index contributed by atoms with van der Waals surface area (Å²) in [5.41, 5.74) is 1.96. The summed E-state index contributed by atoms with van der Waals surface area (Å²) in [5, 5.41) is 2.64. The van der Waals surface area contributed by atoms with Crippen LogP contribution in [0.2, 0.25) is 0 Å². The van der Waals surface area contributed by atoms with Crippen LogP contribution in [0.3, 0.4) is 0 Å². The maximum atomic E-state index is 11.4. The average molecular weight is 311 g/mol. The molecule has 0 aliphatic carbocycles. The number of hydrogen-bond acceptors (Lipinski definition) is 4. The van der Waals surface area contributed by atoms with Crippen LogP contribution >= 0.6 is 0 Å². The third kappa shape index (κ3) is 4.80. The summed E-state index contributed by atoms with van der Waals surface area (Å²) in [6.45, 7) is 3.54. The Morgan fingerprint density at radius 1 is 1.24 bits per heavy atom. The topological polar surface area (TPSA) is 69.7 Å². The molecule has 116 valence electrons. The van der Waals surface area contributed by atoms with Crippen LogP contribution in [-0.4, -0.2) is 63.0 Å². The van der Waals surface area contributed by atoms with E-state index in [-0.39, 0.29) is 0 Å². The van der Waals surface area contributed by atoms with Gasteiger partial charge in [0.15, 0.2) is 0 Å². The Morgan fingerprint density at radius 2 is 1.95 bits per heavy atom. The standard InChI is InChI=1S/C14H21N3O3S/c1-21(19,20)17-9-7-16(8-10-17)6-5-13-3-2-4-14(11-13)15-12-18/h2-4,11-12H,5-10H2,1H3,(H,15,18). The number of hydrogen-bond donors (Lipinski definition) is 1. The summed E-state index contributed by atoms with van der Waals surface area (Å²) in [6, 6.07) is 7.76. The quantitative estimate of drug-likeness (QED) is 0.771. The number of carbonyl (C=O) groups is 1. The normalized spacial score (nSPS) is 17.6. The molecular weight excluding hydrogens is 290 g/mol. The predicted molar refractivity (Wildman–Crippen MR) is 82.7 cm³/mol. The van der Waals surface area contributed by atoms with Gasteiger partial charge in [0.1, 0.15) is 0 Å². The van der Waals surface area contributed by atoms with Crippen molar-refractivity contribution >= 4 is 22.1 Å². The smallest absolute Gasteiger partial charge is 0.211 e. The molecule has 6 nitrogen and oxygen atoms in total. The van der Waals surface area contributed by atoms with Gasteiger partial charge in [-0.2, -0.15) is 4.31 Å². The van der Waals surface area contributed by atoms with Crippen LogP contribution in [-0.2, 0) is 21.2 Å². The van der Waals surface area contributed by atoms with Crippen molar-refractivity contribution in [2.45, 2.75) is 6.42 Å². The molecule has 1 N–H and O–H groups in total. The minimum atomic E-state index is -3.06. The summed E-state index contributed by atoms with van der Waals surface area (Å²) in [4.78, 5) is 12.7. The van der Waals surface area contributed by atoms with Crippen molar-refractivity contribution in [3.8, 4) is 0 Å². The van der Waals surface area contributed by atoms with Crippen LogP contribution < -0.4 is 5.32 Å². The Morgan fingerprint density at radius 3 is 2.57 bits per heavy atom. The van der Waals surface area contributed by atoms with Gasteiger partial charge in [0.25, 0.3) is 0 Å². The largest absolute Gasteiger partial charge is 0.329 e. The zero-order chi connectivity index (χ0) is 15.3. The van der Waals surface area contributed by atoms with Crippen molar-refractivity contribution in [1.82, 2.24) is 9.21 Å². The van der Waals surface area contributed by atoms with E-state index in [1.54, 1.807) is 0 Å². The van der Waals surface area contributed by atoms with Gasteiger partial charge in [0.2, 0.25) is 16.4 Å². The van der Waals surface area contributed by atoms with E-state index < -0.39 is 10.0 Å². The van der Waals surface area contributed by atoms with Crippen molar-refractivity contribution in [2.75, 3.05) is 44.3 Å². The van der Waals surface area contributed by atoms with E-state index in [0.29, 0.717) is 19.5 Å². The Hall–Kier alpha value is -1.44. The van der Waals surface area contributed by atoms with Crippen LogP contribution in [0, 0.1) is 0 Å². The van der Waals surface area contributed by atoms with Gasteiger partial charge < -0.3 is 10.2 Å². The van der Waals surface area contributed by atoms with E-state index in [9.17, 15) is 13.2 Å². The van der Waals surface area contributed by atoms with Crippen molar-refractivity contribution < 1.29 is 13.2 Å². The molecule has 1 amide bonds. The number of anilines is 1. The first-order valence-corrected chi connectivity index (χ1v) is 8.80. The molecule has 1 aromatic rings. The first-order valence-electron chi connectivity index (χ1n) is 6.95. The van der Waals surface area contributed by atoms with Crippen LogP contribution in [0.5, 0.6) is 0 Å². The van der Waals surface area contributed by atoms with Crippen LogP contribution in [0.25, 0.3) is 0 Å². The van der Waals surface area contributed by atoms with E-state index >= 15 is 0 Å². The highest BCUT2D eigenvalue weighted by molar-refractivity contribution is 7.88. The van der Waals surface area contributed by atoms with Gasteiger partial charge in [0.05, 0.1) is 6.26 Å². The third-order valence-corrected chi connectivity index (χ3v) is 4.97. The van der Waals surface area contributed by atoms with Crippen molar-refractivity contribution in [3.63, 3.8) is 0 Å². The number of nitrogens with zero attached hydrogens (tertiary/aromatic N) is 2. The Bertz CT molecular complexity index is 581. The molecule has 0 atom stereocenters. The Balaban J connectivity index is 1.82. The molecule has 0 spiro atoms. The predicted octanol–water partition coefficient (Wildman–Crippen LogP) is 0.375. The molecular formula is C14H21N3O3S. The fourth-order valence-corrected chi connectivity index (χ4v) is 3.28. The number of amides is 1. The van der Waals surface area contributed by atoms with Crippen LogP contribution in [0.15, 0.2) is 24.3 Å². The molecule has 0 bridgehead atoms. The minimum Gasteiger partial charge on any atom is -0.329 e. The lowest BCUT2D eigenvalue weighted by Crippen LogP contribution is -2.48. The number of nitrogens with one attached hydrogen (secondary N) is 1. The number of sulfonamides is 1. The Labute approximate surface area is 125 Å². The van der Waals surface area contributed by atoms with Crippen LogP contribution in [0.1, 0.15) is 5.56 Å². The number of rotatable bonds is 6. The first-order chi connectivity index (χ1) is 9.99. The third-order valence-electron chi connectivity index (χ3n) is 3.67. The molecule has 2 rings (SSSR count). The SMILES string of the molecule is CS(=O)(=O)N1CCN(CCc2cccc(NC=O)c2)CC1. The van der Waals surface area contributed by atoms with E-state index in [1.165, 1.54) is 10.6 Å². The van der Waals surface area contributed by atoms with E-state index in [0.717, 1.165) is 37.3 Å². The molecule has 0 unspecified atom stereocenters. The molecule has 1 fully saturated rings. The highest BCUT2D eigenvalue weighted by Crippen LogP contribution is 2.12. The molecule has 1 aliphatic heterocycles. The van der Waals surface area contributed by atoms with Gasteiger partial charge in [-0.05, 0) is 24.1 Å². The average Bonchev–Trinajstić information content (AvgIpc) is 2.45. The zero-order valence-electron chi connectivity index (χ0n) is 12.2. The maximum absolute atomic E-state index is 11.4. The van der Waals surface area contributed by atoms with Gasteiger partial charge in [-0.3, -0.25) is 4.79 Å². The summed E-state index contributed by atoms with van der Waals surface area (Å²) < 4.78 is 24.4. The highest BCUT2D eigenvalue weighted by Gasteiger charge is 2.22. The summed E-state index contributed by atoms with van der Waals surface area (Å²) >= 11 is 0. The molecule has 21 heavy (non-hydrogen) atoms. The molecule has 0 saturated carbocycles. The van der Waals surface area contributed by atoms with Crippen LogP contribution in [0.4, 0.5) is 5.69 Å². The fraction of sp³-hybridized carbons (Fsp3) is 0.500.